The summed E-state index contributed by atoms with van der Waals surface area (Å²) in [6.07, 6.45) is -4.44. The number of phenolic OH excluding ortho intramolecular Hbond substituents is 1. The summed E-state index contributed by atoms with van der Waals surface area (Å²) in [5, 5.41) is 34.7. The highest BCUT2D eigenvalue weighted by Gasteiger charge is 2.66. The Morgan fingerprint density at radius 2 is 1.48 bits per heavy atom. The van der Waals surface area contributed by atoms with Crippen LogP contribution in [0.1, 0.15) is 114 Å². The average Bonchev–Trinajstić information content (AvgIpc) is 4.01. The molecule has 12 atom stereocenters. The van der Waals surface area contributed by atoms with Gasteiger partial charge in [-0.05, 0) is 106 Å². The summed E-state index contributed by atoms with van der Waals surface area (Å²) in [6.45, 7) is 10.9. The Morgan fingerprint density at radius 3 is 2.11 bits per heavy atom. The molecule has 2 aromatic carbocycles. The molecule has 1 aliphatic carbocycles. The van der Waals surface area contributed by atoms with Crippen LogP contribution < -0.4 is 5.43 Å². The molecule has 290 valence electrons. The standard InChI is InChI=1S/C41H50N2O11/c1-16-11-22-30(37-28(16)24(44)14-27(53-37)41(6)39(54-41)36-18(3)52-36)35(48)31-29(34(22)47)20(25-13-23(42(7)8)32(45)17(2)50-25)12-21(33(31)46)26-15-40(5,43(9)10)38(49)19(4)51-26/h11-12,14,17-19,23,25-26,32,36,38-39,45-46,49H,13,15H2,1-10H3/t17?,18-,19?,23?,25?,26?,32?,36+,38?,39-,40?,41-/m0/s1. The van der Waals surface area contributed by atoms with Crippen molar-refractivity contribution < 1.29 is 48.3 Å². The Balaban J connectivity index is 1.34. The number of aliphatic hydroxyl groups is 2. The van der Waals surface area contributed by atoms with E-state index in [1.54, 1.807) is 33.8 Å². The van der Waals surface area contributed by atoms with Crippen LogP contribution in [-0.2, 0) is 24.5 Å². The lowest BCUT2D eigenvalue weighted by Gasteiger charge is -2.49. The SMILES string of the molecule is Cc1cc2c(c3oc([C@]4(C)O[C@H]4[C@@H]4O[C@H]4C)cc(=O)c13)C(=O)c1c(O)c(C3CC(C)(N(C)C)C(O)C(C)O3)cc(C3CC(N(C)C)C(O)C(C)O3)c1C2=O. The zero-order valence-corrected chi connectivity index (χ0v) is 32.4. The van der Waals surface area contributed by atoms with Crippen molar-refractivity contribution in [1.29, 1.82) is 0 Å². The quantitative estimate of drug-likeness (QED) is 0.244. The van der Waals surface area contributed by atoms with Crippen LogP contribution in [0.15, 0.2) is 27.4 Å². The number of phenols is 1. The first-order valence-corrected chi connectivity index (χ1v) is 18.7. The highest BCUT2D eigenvalue weighted by Crippen LogP contribution is 2.54. The van der Waals surface area contributed by atoms with Crippen molar-refractivity contribution in [3.63, 3.8) is 0 Å². The molecule has 1 aromatic heterocycles. The fraction of sp³-hybridized carbons (Fsp3) is 0.585. The van der Waals surface area contributed by atoms with Crippen LogP contribution >= 0.6 is 0 Å². The fourth-order valence-electron chi connectivity index (χ4n) is 9.24. The molecule has 4 saturated heterocycles. The molecular formula is C41H50N2O11. The van der Waals surface area contributed by atoms with Crippen LogP contribution in [0.25, 0.3) is 11.0 Å². The topological polar surface area (TPSA) is 175 Å². The fourth-order valence-corrected chi connectivity index (χ4v) is 9.24. The highest BCUT2D eigenvalue weighted by molar-refractivity contribution is 6.33. The van der Waals surface area contributed by atoms with Crippen molar-refractivity contribution >= 4 is 22.5 Å². The summed E-state index contributed by atoms with van der Waals surface area (Å²) in [4.78, 5) is 47.7. The number of hydrogen-bond acceptors (Lipinski definition) is 13. The number of rotatable bonds is 6. The molecule has 0 radical (unpaired) electrons. The van der Waals surface area contributed by atoms with E-state index in [4.69, 9.17) is 23.4 Å². The first kappa shape index (κ1) is 37.4. The van der Waals surface area contributed by atoms with Gasteiger partial charge in [-0.15, -0.1) is 0 Å². The maximum atomic E-state index is 15.1. The second kappa shape index (κ2) is 12.5. The van der Waals surface area contributed by atoms with E-state index in [1.807, 2.05) is 51.8 Å². The van der Waals surface area contributed by atoms with Gasteiger partial charge in [-0.25, -0.2) is 0 Å². The number of epoxide rings is 2. The zero-order valence-electron chi connectivity index (χ0n) is 32.4. The van der Waals surface area contributed by atoms with Gasteiger partial charge in [-0.1, -0.05) is 0 Å². The maximum Gasteiger partial charge on any atom is 0.202 e. The first-order valence-electron chi connectivity index (χ1n) is 18.7. The third-order valence-electron chi connectivity index (χ3n) is 13.0. The number of hydrogen-bond donors (Lipinski definition) is 3. The lowest BCUT2D eigenvalue weighted by atomic mass is 9.74. The van der Waals surface area contributed by atoms with E-state index in [1.165, 1.54) is 12.1 Å². The molecule has 5 heterocycles. The zero-order chi connectivity index (χ0) is 39.1. The van der Waals surface area contributed by atoms with Gasteiger partial charge in [0, 0.05) is 34.3 Å². The van der Waals surface area contributed by atoms with Crippen LogP contribution in [0.3, 0.4) is 0 Å². The predicted molar refractivity (Wildman–Crippen MR) is 196 cm³/mol. The first-order chi connectivity index (χ1) is 25.3. The summed E-state index contributed by atoms with van der Waals surface area (Å²) >= 11 is 0. The van der Waals surface area contributed by atoms with Crippen LogP contribution in [0.5, 0.6) is 5.75 Å². The average molecular weight is 747 g/mol. The van der Waals surface area contributed by atoms with Gasteiger partial charge in [0.2, 0.25) is 5.78 Å². The van der Waals surface area contributed by atoms with Crippen molar-refractivity contribution in [3.8, 4) is 5.75 Å². The lowest BCUT2D eigenvalue weighted by Crippen LogP contribution is -2.59. The molecule has 13 heteroatoms. The summed E-state index contributed by atoms with van der Waals surface area (Å²) in [5.41, 5.74) is -1.39. The molecule has 0 spiro atoms. The molecule has 3 aromatic rings. The number of aromatic hydroxyl groups is 1. The number of likely N-dealkylation sites (N-methyl/N-ethyl adjacent to an activating group) is 2. The number of aliphatic hydroxyl groups excluding tert-OH is 2. The summed E-state index contributed by atoms with van der Waals surface area (Å²) < 4.78 is 30.9. The molecule has 8 unspecified atom stereocenters. The van der Waals surface area contributed by atoms with Crippen LogP contribution in [0, 0.1) is 6.92 Å². The Hall–Kier alpha value is -3.53. The van der Waals surface area contributed by atoms with Gasteiger partial charge in [0.25, 0.3) is 0 Å². The normalized spacial score (nSPS) is 37.5. The third kappa shape index (κ3) is 5.38. The number of ether oxygens (including phenoxy) is 4. The Kier molecular flexibility index (Phi) is 8.65. The summed E-state index contributed by atoms with van der Waals surface area (Å²) in [5.74, 6) is -1.42. The van der Waals surface area contributed by atoms with Gasteiger partial charge in [0.15, 0.2) is 16.8 Å². The monoisotopic (exact) mass is 746 g/mol. The number of aryl methyl sites for hydroxylation is 1. The largest absolute Gasteiger partial charge is 0.507 e. The smallest absolute Gasteiger partial charge is 0.202 e. The van der Waals surface area contributed by atoms with Crippen molar-refractivity contribution in [2.24, 2.45) is 0 Å². The van der Waals surface area contributed by atoms with Crippen molar-refractivity contribution in [3.05, 3.63) is 73.1 Å². The van der Waals surface area contributed by atoms with Crippen LogP contribution in [0.2, 0.25) is 0 Å². The van der Waals surface area contributed by atoms with Gasteiger partial charge in [0.1, 0.15) is 29.3 Å². The second-order valence-corrected chi connectivity index (χ2v) is 16.9. The molecule has 4 fully saturated rings. The molecule has 0 saturated carbocycles. The van der Waals surface area contributed by atoms with Gasteiger partial charge < -0.3 is 48.5 Å². The number of ketones is 2. The Bertz CT molecular complexity index is 2160. The van der Waals surface area contributed by atoms with E-state index in [2.05, 4.69) is 0 Å². The summed E-state index contributed by atoms with van der Waals surface area (Å²) in [7, 11) is 7.45. The van der Waals surface area contributed by atoms with Crippen LogP contribution in [0.4, 0.5) is 0 Å². The number of carbonyl (C=O) groups excluding carboxylic acids is 2. The number of fused-ring (bicyclic) bond motifs is 4. The minimum atomic E-state index is -0.970. The minimum absolute atomic E-state index is 0.00321. The van der Waals surface area contributed by atoms with E-state index in [9.17, 15) is 24.9 Å². The van der Waals surface area contributed by atoms with E-state index < -0.39 is 65.1 Å². The number of carbonyl (C=O) groups is 2. The molecule has 13 nitrogen and oxygen atoms in total. The maximum absolute atomic E-state index is 15.1. The highest BCUT2D eigenvalue weighted by atomic mass is 16.7. The van der Waals surface area contributed by atoms with E-state index in [-0.39, 0.29) is 87.2 Å². The molecule has 0 amide bonds. The van der Waals surface area contributed by atoms with E-state index in [0.717, 1.165) is 0 Å². The molecule has 54 heavy (non-hydrogen) atoms. The molecular weight excluding hydrogens is 696 g/mol. The van der Waals surface area contributed by atoms with Crippen LogP contribution in [-0.4, -0.2) is 119 Å². The van der Waals surface area contributed by atoms with Crippen molar-refractivity contribution in [2.45, 2.75) is 127 Å². The molecule has 3 N–H and O–H groups in total. The molecule has 5 aliphatic rings. The lowest BCUT2D eigenvalue weighted by molar-refractivity contribution is -0.176. The Morgan fingerprint density at radius 1 is 0.815 bits per heavy atom. The van der Waals surface area contributed by atoms with Gasteiger partial charge in [-0.3, -0.25) is 14.4 Å². The Labute approximate surface area is 313 Å². The number of nitrogens with zero attached hydrogens (tertiary/aromatic N) is 2. The predicted octanol–water partition coefficient (Wildman–Crippen LogP) is 3.66. The molecule has 8 rings (SSSR count). The third-order valence-corrected chi connectivity index (χ3v) is 13.0. The van der Waals surface area contributed by atoms with Gasteiger partial charge in [0.05, 0.1) is 59.2 Å². The van der Waals surface area contributed by atoms with Crippen molar-refractivity contribution in [1.82, 2.24) is 9.80 Å². The number of benzene rings is 2. The molecule has 4 aliphatic heterocycles. The molecule has 0 bridgehead atoms. The van der Waals surface area contributed by atoms with E-state index in [0.29, 0.717) is 11.1 Å². The van der Waals surface area contributed by atoms with E-state index >= 15 is 4.79 Å². The minimum Gasteiger partial charge on any atom is -0.507 e. The van der Waals surface area contributed by atoms with Crippen molar-refractivity contribution in [2.75, 3.05) is 28.2 Å². The van der Waals surface area contributed by atoms with Gasteiger partial charge >= 0.3 is 0 Å². The summed E-state index contributed by atoms with van der Waals surface area (Å²) in [6, 6.07) is 4.26. The van der Waals surface area contributed by atoms with Gasteiger partial charge in [-0.2, -0.15) is 0 Å². The second-order valence-electron chi connectivity index (χ2n) is 16.9.